The molecule has 0 spiro atoms. The molecular formula is C30H44O3. The van der Waals surface area contributed by atoms with Crippen molar-refractivity contribution < 1.29 is 14.3 Å². The Hall–Kier alpha value is -2.29. The molecule has 0 aliphatic heterocycles. The zero-order valence-corrected chi connectivity index (χ0v) is 21.0. The predicted molar refractivity (Wildman–Crippen MR) is 138 cm³/mol. The maximum absolute atomic E-state index is 12.3. The third kappa shape index (κ3) is 11.4. The first-order valence-electron chi connectivity index (χ1n) is 13.2. The average Bonchev–Trinajstić information content (AvgIpc) is 2.83. The van der Waals surface area contributed by atoms with Gasteiger partial charge in [0.15, 0.2) is 0 Å². The second kappa shape index (κ2) is 17.2. The topological polar surface area (TPSA) is 35.5 Å². The van der Waals surface area contributed by atoms with E-state index in [1.807, 2.05) is 12.1 Å². The molecule has 0 heterocycles. The predicted octanol–water partition coefficient (Wildman–Crippen LogP) is 8.86. The second-order valence-corrected chi connectivity index (χ2v) is 9.01. The Morgan fingerprint density at radius 1 is 0.667 bits per heavy atom. The summed E-state index contributed by atoms with van der Waals surface area (Å²) < 4.78 is 11.0. The Morgan fingerprint density at radius 3 is 2.09 bits per heavy atom. The van der Waals surface area contributed by atoms with Gasteiger partial charge in [0.05, 0.1) is 6.61 Å². The highest BCUT2D eigenvalue weighted by atomic mass is 16.7. The Labute approximate surface area is 201 Å². The summed E-state index contributed by atoms with van der Waals surface area (Å²) in [5.74, 6) is 0.686. The molecule has 0 amide bonds. The largest absolute Gasteiger partial charge is 0.513 e. The molecule has 182 valence electrons. The summed E-state index contributed by atoms with van der Waals surface area (Å²) in [6.07, 6.45) is 15.3. The van der Waals surface area contributed by atoms with Gasteiger partial charge in [0.1, 0.15) is 5.75 Å². The van der Waals surface area contributed by atoms with Gasteiger partial charge in [-0.3, -0.25) is 0 Å². The number of benzene rings is 2. The zero-order chi connectivity index (χ0) is 23.6. The maximum atomic E-state index is 12.3. The lowest BCUT2D eigenvalue weighted by Crippen LogP contribution is -2.13. The monoisotopic (exact) mass is 452 g/mol. The molecule has 0 saturated carbocycles. The second-order valence-electron chi connectivity index (χ2n) is 9.01. The minimum atomic E-state index is -0.568. The number of hydrogen-bond donors (Lipinski definition) is 0. The van der Waals surface area contributed by atoms with E-state index in [9.17, 15) is 4.79 Å². The number of aryl methyl sites for hydroxylation is 2. The maximum Gasteiger partial charge on any atom is 0.513 e. The van der Waals surface area contributed by atoms with Crippen molar-refractivity contribution >= 4 is 6.16 Å². The van der Waals surface area contributed by atoms with Gasteiger partial charge in [-0.2, -0.15) is 0 Å². The molecule has 0 aromatic heterocycles. The van der Waals surface area contributed by atoms with Gasteiger partial charge in [-0.25, -0.2) is 4.79 Å². The summed E-state index contributed by atoms with van der Waals surface area (Å²) in [6, 6.07) is 16.7. The summed E-state index contributed by atoms with van der Waals surface area (Å²) in [4.78, 5) is 12.3. The van der Waals surface area contributed by atoms with Crippen LogP contribution in [0.3, 0.4) is 0 Å². The molecule has 0 fully saturated rings. The molecule has 33 heavy (non-hydrogen) atoms. The first-order chi connectivity index (χ1) is 16.2. The number of carbonyl (C=O) groups excluding carboxylic acids is 1. The summed E-state index contributed by atoms with van der Waals surface area (Å²) in [5.41, 5.74) is 3.92. The molecule has 3 heteroatoms. The van der Waals surface area contributed by atoms with E-state index >= 15 is 0 Å². The van der Waals surface area contributed by atoms with E-state index < -0.39 is 6.16 Å². The molecular weight excluding hydrogens is 408 g/mol. The fourth-order valence-electron chi connectivity index (χ4n) is 4.22. The average molecular weight is 453 g/mol. The first-order valence-corrected chi connectivity index (χ1v) is 13.2. The molecule has 2 aromatic rings. The number of hydrogen-bond acceptors (Lipinski definition) is 3. The smallest absolute Gasteiger partial charge is 0.434 e. The molecule has 0 bridgehead atoms. The van der Waals surface area contributed by atoms with Crippen molar-refractivity contribution in [3.8, 4) is 5.75 Å². The summed E-state index contributed by atoms with van der Waals surface area (Å²) >= 11 is 0. The molecule has 0 saturated heterocycles. The molecule has 0 aliphatic rings. The number of ether oxygens (including phenoxy) is 2. The van der Waals surface area contributed by atoms with Crippen molar-refractivity contribution in [2.75, 3.05) is 6.61 Å². The van der Waals surface area contributed by atoms with Crippen molar-refractivity contribution in [3.63, 3.8) is 0 Å². The van der Waals surface area contributed by atoms with E-state index in [0.29, 0.717) is 12.4 Å². The van der Waals surface area contributed by atoms with E-state index in [1.165, 1.54) is 68.1 Å². The van der Waals surface area contributed by atoms with Gasteiger partial charge in [-0.05, 0) is 67.7 Å². The van der Waals surface area contributed by atoms with Crippen LogP contribution in [0, 0.1) is 0 Å². The van der Waals surface area contributed by atoms with Crippen molar-refractivity contribution in [1.82, 2.24) is 0 Å². The molecule has 0 radical (unpaired) electrons. The van der Waals surface area contributed by atoms with Crippen LogP contribution in [-0.2, 0) is 24.0 Å². The Bertz CT molecular complexity index is 769. The lowest BCUT2D eigenvalue weighted by Gasteiger charge is -2.15. The minimum absolute atomic E-state index is 0.429. The standard InChI is InChI=1S/C30H44O3/c1-3-5-11-21-27-22-17-24-29(28(27)23-12-6-4-2)33-30(31)32-25-16-9-7-8-13-18-26-19-14-10-15-20-26/h10,14-15,17,19-20,22,24H,3-9,11-13,16,18,21,23,25H2,1-2H3. The van der Waals surface area contributed by atoms with Gasteiger partial charge >= 0.3 is 6.16 Å². The van der Waals surface area contributed by atoms with Crippen molar-refractivity contribution in [1.29, 1.82) is 0 Å². The van der Waals surface area contributed by atoms with Crippen LogP contribution in [0.15, 0.2) is 48.5 Å². The van der Waals surface area contributed by atoms with Crippen molar-refractivity contribution in [2.24, 2.45) is 0 Å². The van der Waals surface area contributed by atoms with Gasteiger partial charge in [0.25, 0.3) is 0 Å². The van der Waals surface area contributed by atoms with Crippen LogP contribution < -0.4 is 4.74 Å². The summed E-state index contributed by atoms with van der Waals surface area (Å²) in [5, 5.41) is 0. The van der Waals surface area contributed by atoms with Gasteiger partial charge in [0.2, 0.25) is 0 Å². The van der Waals surface area contributed by atoms with Gasteiger partial charge < -0.3 is 9.47 Å². The van der Waals surface area contributed by atoms with Gasteiger partial charge in [-0.15, -0.1) is 0 Å². The van der Waals surface area contributed by atoms with Crippen LogP contribution in [0.4, 0.5) is 4.79 Å². The van der Waals surface area contributed by atoms with Crippen LogP contribution in [0.25, 0.3) is 0 Å². The SMILES string of the molecule is CCCCCc1cccc(OC(=O)OCCCCCCCc2ccccc2)c1CCCCC. The normalized spacial score (nSPS) is 10.8. The zero-order valence-electron chi connectivity index (χ0n) is 21.0. The van der Waals surface area contributed by atoms with Crippen LogP contribution in [0.1, 0.15) is 101 Å². The Kier molecular flexibility index (Phi) is 14.1. The van der Waals surface area contributed by atoms with E-state index in [0.717, 1.165) is 38.5 Å². The van der Waals surface area contributed by atoms with Gasteiger partial charge in [-0.1, -0.05) is 101 Å². The van der Waals surface area contributed by atoms with Crippen LogP contribution in [0.5, 0.6) is 5.75 Å². The summed E-state index contributed by atoms with van der Waals surface area (Å²) in [6.45, 7) is 4.87. The highest BCUT2D eigenvalue weighted by Gasteiger charge is 2.14. The molecule has 0 aliphatic carbocycles. The van der Waals surface area contributed by atoms with E-state index in [4.69, 9.17) is 9.47 Å². The molecule has 2 aromatic carbocycles. The van der Waals surface area contributed by atoms with E-state index in [2.05, 4.69) is 50.2 Å². The van der Waals surface area contributed by atoms with Crippen LogP contribution in [-0.4, -0.2) is 12.8 Å². The quantitative estimate of drug-likeness (QED) is 0.137. The van der Waals surface area contributed by atoms with Gasteiger partial charge in [0, 0.05) is 0 Å². The number of unbranched alkanes of at least 4 members (excludes halogenated alkanes) is 8. The fourth-order valence-corrected chi connectivity index (χ4v) is 4.22. The fraction of sp³-hybridized carbons (Fsp3) is 0.567. The van der Waals surface area contributed by atoms with Crippen LogP contribution >= 0.6 is 0 Å². The van der Waals surface area contributed by atoms with Crippen LogP contribution in [0.2, 0.25) is 0 Å². The Balaban J connectivity index is 1.70. The Morgan fingerprint density at radius 2 is 1.33 bits per heavy atom. The molecule has 0 unspecified atom stereocenters. The lowest BCUT2D eigenvalue weighted by atomic mass is 9.96. The summed E-state index contributed by atoms with van der Waals surface area (Å²) in [7, 11) is 0. The van der Waals surface area contributed by atoms with E-state index in [-0.39, 0.29) is 0 Å². The van der Waals surface area contributed by atoms with Crippen molar-refractivity contribution in [3.05, 3.63) is 65.2 Å². The number of carbonyl (C=O) groups is 1. The minimum Gasteiger partial charge on any atom is -0.434 e. The van der Waals surface area contributed by atoms with Crippen molar-refractivity contribution in [2.45, 2.75) is 104 Å². The van der Waals surface area contributed by atoms with E-state index in [1.54, 1.807) is 0 Å². The lowest BCUT2D eigenvalue weighted by molar-refractivity contribution is 0.0969. The third-order valence-electron chi connectivity index (χ3n) is 6.18. The molecule has 3 nitrogen and oxygen atoms in total. The number of rotatable bonds is 17. The highest BCUT2D eigenvalue weighted by Crippen LogP contribution is 2.27. The third-order valence-corrected chi connectivity index (χ3v) is 6.18. The molecule has 2 rings (SSSR count). The highest BCUT2D eigenvalue weighted by molar-refractivity contribution is 5.65. The molecule has 0 atom stereocenters. The first kappa shape index (κ1) is 27.0. The molecule has 0 N–H and O–H groups in total.